The lowest BCUT2D eigenvalue weighted by Gasteiger charge is -2.35. The summed E-state index contributed by atoms with van der Waals surface area (Å²) < 4.78 is 67.7. The van der Waals surface area contributed by atoms with E-state index in [0.717, 1.165) is 49.0 Å². The molecule has 12 heteroatoms. The Morgan fingerprint density at radius 1 is 1.15 bits per heavy atom. The molecule has 1 aliphatic heterocycles. The molecule has 0 bridgehead atoms. The highest BCUT2D eigenvalue weighted by atomic mass is 32.2. The van der Waals surface area contributed by atoms with Crippen molar-refractivity contribution in [2.24, 2.45) is 5.73 Å². The number of anilines is 1. The predicted molar refractivity (Wildman–Crippen MR) is 138 cm³/mol. The molecule has 1 saturated heterocycles. The first-order chi connectivity index (χ1) is 18.4. The fourth-order valence-corrected chi connectivity index (χ4v) is 5.95. The van der Waals surface area contributed by atoms with Gasteiger partial charge in [0.05, 0.1) is 22.3 Å². The lowest BCUT2D eigenvalue weighted by Crippen LogP contribution is -2.43. The summed E-state index contributed by atoms with van der Waals surface area (Å²) in [4.78, 5) is 23.2. The van der Waals surface area contributed by atoms with Gasteiger partial charge in [-0.05, 0) is 49.9 Å². The van der Waals surface area contributed by atoms with E-state index in [0.29, 0.717) is 42.8 Å². The van der Waals surface area contributed by atoms with Crippen LogP contribution in [0.5, 0.6) is 0 Å². The van der Waals surface area contributed by atoms with Crippen LogP contribution in [0.1, 0.15) is 52.7 Å². The van der Waals surface area contributed by atoms with E-state index in [1.54, 1.807) is 0 Å². The molecule has 3 heterocycles. The maximum atomic E-state index is 14.8. The van der Waals surface area contributed by atoms with Crippen molar-refractivity contribution in [3.05, 3.63) is 70.4 Å². The topological polar surface area (TPSA) is 126 Å². The standard InChI is InChI=1S/C27H27F3N4O4S/c1-39(37,38)16-10-19(29)24(20(30)11-16)26-18(28)5-6-21(33-26)23(36)9-14-12-32-25-17(4-7-22(25)35)27(14)34-8-2-3-15(31)13-34/h5-6,10-12,15,22,35H,2-4,7-9,13,31H2,1H3/t15-,22?/m0/s1. The number of benzene rings is 1. The molecule has 0 radical (unpaired) electrons. The van der Waals surface area contributed by atoms with Gasteiger partial charge < -0.3 is 15.7 Å². The average molecular weight is 561 g/mol. The maximum absolute atomic E-state index is 14.8. The van der Waals surface area contributed by atoms with Crippen molar-refractivity contribution in [3.8, 4) is 11.3 Å². The van der Waals surface area contributed by atoms with Gasteiger partial charge >= 0.3 is 0 Å². The summed E-state index contributed by atoms with van der Waals surface area (Å²) in [6, 6.07) is 3.15. The van der Waals surface area contributed by atoms with Crippen molar-refractivity contribution in [1.29, 1.82) is 0 Å². The number of carbonyl (C=O) groups excluding carboxylic acids is 1. The molecule has 1 aliphatic carbocycles. The Hall–Kier alpha value is -3.35. The number of nitrogens with two attached hydrogens (primary N) is 1. The summed E-state index contributed by atoms with van der Waals surface area (Å²) in [6.07, 6.45) is 4.31. The lowest BCUT2D eigenvalue weighted by atomic mass is 9.98. The zero-order valence-corrected chi connectivity index (χ0v) is 21.9. The average Bonchev–Trinajstić information content (AvgIpc) is 3.24. The van der Waals surface area contributed by atoms with Gasteiger partial charge in [-0.1, -0.05) is 0 Å². The molecule has 3 N–H and O–H groups in total. The molecule has 2 aromatic heterocycles. The fraction of sp³-hybridized carbons (Fsp3) is 0.370. The largest absolute Gasteiger partial charge is 0.387 e. The van der Waals surface area contributed by atoms with E-state index >= 15 is 0 Å². The first kappa shape index (κ1) is 27.2. The summed E-state index contributed by atoms with van der Waals surface area (Å²) in [7, 11) is -3.92. The minimum Gasteiger partial charge on any atom is -0.387 e. The third-order valence-corrected chi connectivity index (χ3v) is 8.27. The second-order valence-electron chi connectivity index (χ2n) is 10.1. The van der Waals surface area contributed by atoms with Crippen molar-refractivity contribution in [2.45, 2.75) is 49.1 Å². The second kappa shape index (κ2) is 10.3. The summed E-state index contributed by atoms with van der Waals surface area (Å²) in [5.74, 6) is -4.26. The van der Waals surface area contributed by atoms with Gasteiger partial charge in [0.1, 0.15) is 28.8 Å². The van der Waals surface area contributed by atoms with E-state index in [1.165, 1.54) is 6.20 Å². The SMILES string of the molecule is CS(=O)(=O)c1cc(F)c(-c2nc(C(=O)Cc3cnc4c(c3N3CCC[C@H](N)C3)CCC4O)ccc2F)c(F)c1. The van der Waals surface area contributed by atoms with Crippen molar-refractivity contribution in [1.82, 2.24) is 9.97 Å². The number of aliphatic hydroxyl groups excluding tert-OH is 1. The molecule has 0 saturated carbocycles. The number of halogens is 3. The number of aliphatic hydroxyl groups is 1. The number of pyridine rings is 2. The van der Waals surface area contributed by atoms with Crippen LogP contribution in [0, 0.1) is 17.5 Å². The molecule has 0 spiro atoms. The second-order valence-corrected chi connectivity index (χ2v) is 12.1. The number of fused-ring (bicyclic) bond motifs is 1. The number of hydrogen-bond donors (Lipinski definition) is 2. The molecule has 1 fully saturated rings. The molecule has 1 unspecified atom stereocenters. The summed E-state index contributed by atoms with van der Waals surface area (Å²) in [5.41, 5.74) is 7.20. The molecule has 8 nitrogen and oxygen atoms in total. The zero-order chi connectivity index (χ0) is 28.1. The first-order valence-corrected chi connectivity index (χ1v) is 14.4. The van der Waals surface area contributed by atoms with Crippen LogP contribution in [0.2, 0.25) is 0 Å². The van der Waals surface area contributed by atoms with Gasteiger partial charge in [0.2, 0.25) is 0 Å². The Kier molecular flexibility index (Phi) is 7.21. The first-order valence-electron chi connectivity index (χ1n) is 12.5. The maximum Gasteiger partial charge on any atom is 0.185 e. The fourth-order valence-electron chi connectivity index (χ4n) is 5.32. The van der Waals surface area contributed by atoms with Crippen LogP contribution < -0.4 is 10.6 Å². The van der Waals surface area contributed by atoms with E-state index in [2.05, 4.69) is 14.9 Å². The van der Waals surface area contributed by atoms with Crippen LogP contribution in [-0.4, -0.2) is 54.7 Å². The molecule has 0 amide bonds. The van der Waals surface area contributed by atoms with Gasteiger partial charge in [-0.15, -0.1) is 0 Å². The van der Waals surface area contributed by atoms with E-state index in [9.17, 15) is 31.5 Å². The normalized spacial score (nSPS) is 19.3. The lowest BCUT2D eigenvalue weighted by molar-refractivity contribution is 0.0988. The van der Waals surface area contributed by atoms with Gasteiger partial charge in [0, 0.05) is 54.8 Å². The molecule has 2 aliphatic rings. The van der Waals surface area contributed by atoms with Crippen LogP contribution in [0.15, 0.2) is 35.4 Å². The molecule has 3 aromatic rings. The number of rotatable bonds is 6. The highest BCUT2D eigenvalue weighted by Gasteiger charge is 2.31. The van der Waals surface area contributed by atoms with Crippen molar-refractivity contribution >= 4 is 21.3 Å². The number of aromatic nitrogens is 2. The molecule has 206 valence electrons. The van der Waals surface area contributed by atoms with Gasteiger partial charge in [-0.25, -0.2) is 26.6 Å². The number of ketones is 1. The van der Waals surface area contributed by atoms with Crippen LogP contribution in [0.25, 0.3) is 11.3 Å². The van der Waals surface area contributed by atoms with E-state index in [1.807, 2.05) is 0 Å². The van der Waals surface area contributed by atoms with Crippen LogP contribution in [-0.2, 0) is 22.7 Å². The third kappa shape index (κ3) is 5.28. The zero-order valence-electron chi connectivity index (χ0n) is 21.1. The van der Waals surface area contributed by atoms with E-state index in [4.69, 9.17) is 5.73 Å². The summed E-state index contributed by atoms with van der Waals surface area (Å²) in [5, 5.41) is 10.4. The van der Waals surface area contributed by atoms with Crippen molar-refractivity contribution in [3.63, 3.8) is 0 Å². The van der Waals surface area contributed by atoms with Crippen LogP contribution in [0.3, 0.4) is 0 Å². The van der Waals surface area contributed by atoms with Gasteiger partial charge in [0.25, 0.3) is 0 Å². The molecule has 2 atom stereocenters. The Morgan fingerprint density at radius 3 is 2.54 bits per heavy atom. The monoisotopic (exact) mass is 560 g/mol. The Labute approximate surface area is 223 Å². The van der Waals surface area contributed by atoms with Gasteiger partial charge in [0.15, 0.2) is 15.6 Å². The molecule has 39 heavy (non-hydrogen) atoms. The van der Waals surface area contributed by atoms with Crippen molar-refractivity contribution < 1.29 is 31.5 Å². The van der Waals surface area contributed by atoms with Crippen LogP contribution >= 0.6 is 0 Å². The number of sulfone groups is 1. The van der Waals surface area contributed by atoms with Crippen molar-refractivity contribution in [2.75, 3.05) is 24.2 Å². The molecular formula is C27H27F3N4O4S. The predicted octanol–water partition coefficient (Wildman–Crippen LogP) is 3.30. The Morgan fingerprint density at radius 2 is 1.87 bits per heavy atom. The van der Waals surface area contributed by atoms with E-state index < -0.39 is 55.3 Å². The van der Waals surface area contributed by atoms with Crippen LogP contribution in [0.4, 0.5) is 18.9 Å². The highest BCUT2D eigenvalue weighted by Crippen LogP contribution is 2.39. The number of carbonyl (C=O) groups is 1. The molecule has 1 aromatic carbocycles. The minimum absolute atomic E-state index is 0.0438. The van der Waals surface area contributed by atoms with E-state index in [-0.39, 0.29) is 18.2 Å². The quantitative estimate of drug-likeness (QED) is 0.440. The smallest absolute Gasteiger partial charge is 0.185 e. The Balaban J connectivity index is 1.52. The highest BCUT2D eigenvalue weighted by molar-refractivity contribution is 7.90. The minimum atomic E-state index is -3.92. The summed E-state index contributed by atoms with van der Waals surface area (Å²) >= 11 is 0. The van der Waals surface area contributed by atoms with Gasteiger partial charge in [-0.3, -0.25) is 9.78 Å². The van der Waals surface area contributed by atoms with Gasteiger partial charge in [-0.2, -0.15) is 0 Å². The number of piperidine rings is 1. The number of hydrogen-bond acceptors (Lipinski definition) is 8. The number of nitrogens with zero attached hydrogens (tertiary/aromatic N) is 3. The summed E-state index contributed by atoms with van der Waals surface area (Å²) in [6.45, 7) is 1.30. The molecular weight excluding hydrogens is 533 g/mol. The molecule has 5 rings (SSSR count). The number of Topliss-reactive ketones (excluding diaryl/α,β-unsaturated/α-hetero) is 1. The third-order valence-electron chi connectivity index (χ3n) is 7.18. The Bertz CT molecular complexity index is 1560.